The number of phenols is 2. The van der Waals surface area contributed by atoms with Crippen LogP contribution in [-0.4, -0.2) is 28.5 Å². The van der Waals surface area contributed by atoms with Gasteiger partial charge in [0.2, 0.25) is 0 Å². The molecule has 0 radical (unpaired) electrons. The molecule has 1 heterocycles. The third kappa shape index (κ3) is 3.27. The second-order valence-electron chi connectivity index (χ2n) is 7.54. The van der Waals surface area contributed by atoms with Crippen molar-refractivity contribution in [1.82, 2.24) is 0 Å². The molecule has 0 aromatic heterocycles. The highest BCUT2D eigenvalue weighted by atomic mass is 79.9. The number of aliphatic hydroxyl groups is 1. The predicted molar refractivity (Wildman–Crippen MR) is 106 cm³/mol. The molecule has 1 aliphatic heterocycles. The van der Waals surface area contributed by atoms with E-state index in [9.17, 15) is 15.3 Å². The lowest BCUT2D eigenvalue weighted by Crippen LogP contribution is -2.20. The van der Waals surface area contributed by atoms with E-state index in [1.165, 1.54) is 5.57 Å². The van der Waals surface area contributed by atoms with E-state index < -0.39 is 0 Å². The summed E-state index contributed by atoms with van der Waals surface area (Å²) in [5.41, 5.74) is 3.54. The number of halogens is 1. The highest BCUT2D eigenvalue weighted by molar-refractivity contribution is 9.10. The molecule has 0 bridgehead atoms. The molecule has 0 unspecified atom stereocenters. The van der Waals surface area contributed by atoms with Gasteiger partial charge in [-0.1, -0.05) is 23.8 Å². The van der Waals surface area contributed by atoms with Crippen molar-refractivity contribution < 1.29 is 20.1 Å². The van der Waals surface area contributed by atoms with Gasteiger partial charge in [-0.25, -0.2) is 0 Å². The van der Waals surface area contributed by atoms with E-state index in [0.29, 0.717) is 34.4 Å². The van der Waals surface area contributed by atoms with Crippen LogP contribution in [0.25, 0.3) is 0 Å². The molecule has 4 nitrogen and oxygen atoms in total. The topological polar surface area (TPSA) is 69.9 Å². The lowest BCUT2D eigenvalue weighted by molar-refractivity contribution is 0.223. The van der Waals surface area contributed by atoms with Gasteiger partial charge in [-0.15, -0.1) is 0 Å². The highest BCUT2D eigenvalue weighted by Crippen LogP contribution is 2.56. The average molecular weight is 423 g/mol. The SMILES string of the molecule is C=C(C)[C@@H]1CCC(C)=C[C@H]1c1c(O)c(Br)c2c(c1O)[C@H](CCO)CCO2. The van der Waals surface area contributed by atoms with E-state index in [1.807, 2.05) is 6.92 Å². The zero-order valence-corrected chi connectivity index (χ0v) is 17.0. The van der Waals surface area contributed by atoms with E-state index in [4.69, 9.17) is 4.74 Å². The summed E-state index contributed by atoms with van der Waals surface area (Å²) in [5.74, 6) is 0.683. The Morgan fingerprint density at radius 1 is 1.27 bits per heavy atom. The fraction of sp³-hybridized carbons (Fsp3) is 0.524. The number of hydrogen-bond donors (Lipinski definition) is 3. The molecule has 3 N–H and O–H groups in total. The van der Waals surface area contributed by atoms with Crippen molar-refractivity contribution in [2.24, 2.45) is 5.92 Å². The first-order valence-corrected chi connectivity index (χ1v) is 9.99. The number of allylic oxidation sites excluding steroid dienone is 3. The minimum atomic E-state index is -0.125. The summed E-state index contributed by atoms with van der Waals surface area (Å²) in [7, 11) is 0. The molecule has 2 aliphatic rings. The molecule has 1 aliphatic carbocycles. The minimum absolute atomic E-state index is 0.0105. The maximum atomic E-state index is 11.2. The molecule has 1 aromatic rings. The Morgan fingerprint density at radius 3 is 2.65 bits per heavy atom. The van der Waals surface area contributed by atoms with Gasteiger partial charge in [-0.2, -0.15) is 0 Å². The first-order valence-electron chi connectivity index (χ1n) is 9.20. The summed E-state index contributed by atoms with van der Waals surface area (Å²) in [6, 6.07) is 0. The van der Waals surface area contributed by atoms with Gasteiger partial charge >= 0.3 is 0 Å². The lowest BCUT2D eigenvalue weighted by Gasteiger charge is -2.34. The van der Waals surface area contributed by atoms with Crippen LogP contribution >= 0.6 is 15.9 Å². The molecule has 26 heavy (non-hydrogen) atoms. The summed E-state index contributed by atoms with van der Waals surface area (Å²) >= 11 is 3.48. The second kappa shape index (κ2) is 7.65. The van der Waals surface area contributed by atoms with E-state index in [0.717, 1.165) is 24.8 Å². The standard InChI is InChI=1S/C21H27BrO4/c1-11(2)14-5-4-12(3)10-15(14)17-19(24)16-13(6-8-23)7-9-26-21(16)18(22)20(17)25/h10,13-15,23-25H,1,4-9H2,2-3H3/t13-,14+,15-/m1/s1. The van der Waals surface area contributed by atoms with Crippen molar-refractivity contribution in [3.8, 4) is 17.2 Å². The van der Waals surface area contributed by atoms with Crippen LogP contribution in [0.1, 0.15) is 62.5 Å². The maximum absolute atomic E-state index is 11.2. The summed E-state index contributed by atoms with van der Waals surface area (Å²) in [6.45, 7) is 8.78. The quantitative estimate of drug-likeness (QED) is 0.588. The summed E-state index contributed by atoms with van der Waals surface area (Å²) in [6.07, 6.45) is 5.39. The van der Waals surface area contributed by atoms with Gasteiger partial charge in [0, 0.05) is 23.7 Å². The van der Waals surface area contributed by atoms with Gasteiger partial charge in [0.15, 0.2) is 0 Å². The third-order valence-electron chi connectivity index (χ3n) is 5.73. The van der Waals surface area contributed by atoms with Crippen LogP contribution < -0.4 is 4.74 Å². The minimum Gasteiger partial charge on any atom is -0.507 e. The molecular weight excluding hydrogens is 396 g/mol. The van der Waals surface area contributed by atoms with Gasteiger partial charge in [0.05, 0.1) is 6.61 Å². The smallest absolute Gasteiger partial charge is 0.144 e. The Kier molecular flexibility index (Phi) is 5.68. The van der Waals surface area contributed by atoms with Crippen LogP contribution in [0.5, 0.6) is 17.2 Å². The van der Waals surface area contributed by atoms with Crippen LogP contribution in [0, 0.1) is 5.92 Å². The van der Waals surface area contributed by atoms with Gasteiger partial charge in [0.25, 0.3) is 0 Å². The molecule has 3 atom stereocenters. The van der Waals surface area contributed by atoms with Crippen molar-refractivity contribution in [1.29, 1.82) is 0 Å². The molecule has 5 heteroatoms. The second-order valence-corrected chi connectivity index (χ2v) is 8.34. The van der Waals surface area contributed by atoms with Crippen molar-refractivity contribution >= 4 is 15.9 Å². The Bertz CT molecular complexity index is 753. The van der Waals surface area contributed by atoms with E-state index in [1.54, 1.807) is 0 Å². The number of fused-ring (bicyclic) bond motifs is 1. The van der Waals surface area contributed by atoms with Gasteiger partial charge in [-0.3, -0.25) is 0 Å². The van der Waals surface area contributed by atoms with Crippen molar-refractivity contribution in [2.45, 2.75) is 51.4 Å². The maximum Gasteiger partial charge on any atom is 0.144 e. The number of hydrogen-bond acceptors (Lipinski definition) is 4. The van der Waals surface area contributed by atoms with Crippen LogP contribution in [-0.2, 0) is 0 Å². The molecule has 142 valence electrons. The van der Waals surface area contributed by atoms with Crippen LogP contribution in [0.3, 0.4) is 0 Å². The lowest BCUT2D eigenvalue weighted by atomic mass is 9.73. The zero-order chi connectivity index (χ0) is 19.0. The predicted octanol–water partition coefficient (Wildman–Crippen LogP) is 5.12. The van der Waals surface area contributed by atoms with Crippen molar-refractivity contribution in [3.63, 3.8) is 0 Å². The first-order chi connectivity index (χ1) is 12.4. The van der Waals surface area contributed by atoms with Gasteiger partial charge in [0.1, 0.15) is 21.7 Å². The largest absolute Gasteiger partial charge is 0.507 e. The van der Waals surface area contributed by atoms with Gasteiger partial charge < -0.3 is 20.1 Å². The summed E-state index contributed by atoms with van der Waals surface area (Å²) < 4.78 is 6.23. The number of benzene rings is 1. The van der Waals surface area contributed by atoms with E-state index >= 15 is 0 Å². The van der Waals surface area contributed by atoms with E-state index in [2.05, 4.69) is 35.5 Å². The summed E-state index contributed by atoms with van der Waals surface area (Å²) in [4.78, 5) is 0. The molecule has 0 saturated carbocycles. The van der Waals surface area contributed by atoms with Crippen LogP contribution in [0.4, 0.5) is 0 Å². The van der Waals surface area contributed by atoms with Crippen LogP contribution in [0.2, 0.25) is 0 Å². The van der Waals surface area contributed by atoms with E-state index in [-0.39, 0.29) is 35.9 Å². The van der Waals surface area contributed by atoms with Crippen LogP contribution in [0.15, 0.2) is 28.3 Å². The normalized spacial score (nSPS) is 25.2. The molecule has 0 spiro atoms. The van der Waals surface area contributed by atoms with Crippen molar-refractivity contribution in [3.05, 3.63) is 39.4 Å². The first kappa shape index (κ1) is 19.3. The Balaban J connectivity index is 2.21. The third-order valence-corrected chi connectivity index (χ3v) is 6.47. The Hall–Kier alpha value is -1.46. The molecule has 0 amide bonds. The molecule has 0 saturated heterocycles. The number of ether oxygens (including phenoxy) is 1. The molecule has 1 aromatic carbocycles. The molecule has 3 rings (SSSR count). The Labute approximate surface area is 163 Å². The molecular formula is C21H27BrO4. The number of aliphatic hydroxyl groups excluding tert-OH is 1. The summed E-state index contributed by atoms with van der Waals surface area (Å²) in [5, 5.41) is 31.5. The number of rotatable bonds is 4. The Morgan fingerprint density at radius 2 is 2.00 bits per heavy atom. The fourth-order valence-electron chi connectivity index (χ4n) is 4.34. The average Bonchev–Trinajstić information content (AvgIpc) is 2.60. The fourth-order valence-corrected chi connectivity index (χ4v) is 4.88. The zero-order valence-electron chi connectivity index (χ0n) is 15.4. The van der Waals surface area contributed by atoms with Gasteiger partial charge in [-0.05, 0) is 67.3 Å². The monoisotopic (exact) mass is 422 g/mol. The molecule has 0 fully saturated rings. The number of phenolic OH excluding ortho intramolecular Hbond substituents is 2. The number of aromatic hydroxyl groups is 2. The van der Waals surface area contributed by atoms with Crippen molar-refractivity contribution in [2.75, 3.05) is 13.2 Å². The highest BCUT2D eigenvalue weighted by Gasteiger charge is 2.36.